The van der Waals surface area contributed by atoms with E-state index in [1.54, 1.807) is 4.68 Å². The summed E-state index contributed by atoms with van der Waals surface area (Å²) in [6.07, 6.45) is 9.65. The van der Waals surface area contributed by atoms with Crippen LogP contribution in [0.2, 0.25) is 0 Å². The highest BCUT2D eigenvalue weighted by Crippen LogP contribution is 2.28. The Morgan fingerprint density at radius 1 is 1.09 bits per heavy atom. The summed E-state index contributed by atoms with van der Waals surface area (Å²) in [4.78, 5) is 15.0. The molecule has 1 aromatic rings. The Morgan fingerprint density at radius 3 is 2.95 bits per heavy atom. The van der Waals surface area contributed by atoms with Gasteiger partial charge in [-0.15, -0.1) is 0 Å². The number of nitrogens with zero attached hydrogens (tertiary/aromatic N) is 4. The number of morpholine rings is 1. The molecule has 0 amide bonds. The van der Waals surface area contributed by atoms with Gasteiger partial charge in [-0.25, -0.2) is 4.79 Å². The van der Waals surface area contributed by atoms with Crippen molar-refractivity contribution in [3.05, 3.63) is 16.3 Å². The molecule has 2 unspecified atom stereocenters. The van der Waals surface area contributed by atoms with E-state index < -0.39 is 0 Å². The van der Waals surface area contributed by atoms with Crippen LogP contribution in [0.25, 0.3) is 0 Å². The normalized spacial score (nSPS) is 29.6. The molecule has 122 valence electrons. The highest BCUT2D eigenvalue weighted by atomic mass is 16.5. The molecule has 1 aliphatic carbocycles. The SMILES string of the molecule is O=c1n(CN2CCOC3CCCCC32)nc2n1CCCCC2. The van der Waals surface area contributed by atoms with E-state index in [9.17, 15) is 4.79 Å². The summed E-state index contributed by atoms with van der Waals surface area (Å²) < 4.78 is 9.51. The van der Waals surface area contributed by atoms with Gasteiger partial charge < -0.3 is 4.74 Å². The number of hydrogen-bond acceptors (Lipinski definition) is 4. The predicted molar refractivity (Wildman–Crippen MR) is 82.7 cm³/mol. The van der Waals surface area contributed by atoms with Gasteiger partial charge >= 0.3 is 5.69 Å². The van der Waals surface area contributed by atoms with Crippen LogP contribution in [0.1, 0.15) is 50.8 Å². The lowest BCUT2D eigenvalue weighted by Crippen LogP contribution is -2.53. The van der Waals surface area contributed by atoms with Gasteiger partial charge in [-0.1, -0.05) is 19.3 Å². The highest BCUT2D eigenvalue weighted by molar-refractivity contribution is 4.91. The Kier molecular flexibility index (Phi) is 4.05. The molecule has 4 rings (SSSR count). The molecule has 0 radical (unpaired) electrons. The predicted octanol–water partition coefficient (Wildman–Crippen LogP) is 1.37. The van der Waals surface area contributed by atoms with Gasteiger partial charge in [-0.3, -0.25) is 9.47 Å². The summed E-state index contributed by atoms with van der Waals surface area (Å²) in [6.45, 7) is 3.16. The molecule has 3 aliphatic rings. The molecule has 0 spiro atoms. The van der Waals surface area contributed by atoms with E-state index in [0.717, 1.165) is 51.2 Å². The number of ether oxygens (including phenoxy) is 1. The van der Waals surface area contributed by atoms with Crippen molar-refractivity contribution in [2.24, 2.45) is 0 Å². The minimum atomic E-state index is 0.0794. The Balaban J connectivity index is 1.54. The van der Waals surface area contributed by atoms with Crippen molar-refractivity contribution in [1.29, 1.82) is 0 Å². The zero-order chi connectivity index (χ0) is 14.9. The quantitative estimate of drug-likeness (QED) is 0.828. The van der Waals surface area contributed by atoms with Gasteiger partial charge in [0.2, 0.25) is 0 Å². The van der Waals surface area contributed by atoms with Gasteiger partial charge in [0.1, 0.15) is 5.82 Å². The number of rotatable bonds is 2. The van der Waals surface area contributed by atoms with E-state index in [4.69, 9.17) is 4.74 Å². The molecule has 3 heterocycles. The van der Waals surface area contributed by atoms with Crippen LogP contribution in [0.4, 0.5) is 0 Å². The third-order valence-electron chi connectivity index (χ3n) is 5.44. The first kappa shape index (κ1) is 14.5. The number of fused-ring (bicyclic) bond motifs is 2. The Morgan fingerprint density at radius 2 is 2.00 bits per heavy atom. The van der Waals surface area contributed by atoms with Crippen LogP contribution in [0, 0.1) is 0 Å². The standard InChI is InChI=1S/C16H26N4O2/c21-16-19-9-5-1-2-8-15(19)17-20(16)12-18-10-11-22-14-7-4-3-6-13(14)18/h13-14H,1-12H2. The number of aromatic nitrogens is 3. The maximum absolute atomic E-state index is 12.6. The molecule has 2 atom stereocenters. The molecule has 1 saturated carbocycles. The molecule has 2 aliphatic heterocycles. The minimum absolute atomic E-state index is 0.0794. The molecule has 2 fully saturated rings. The van der Waals surface area contributed by atoms with Crippen molar-refractivity contribution in [3.63, 3.8) is 0 Å². The van der Waals surface area contributed by atoms with Crippen LogP contribution in [0.5, 0.6) is 0 Å². The third kappa shape index (κ3) is 2.63. The van der Waals surface area contributed by atoms with Crippen molar-refractivity contribution >= 4 is 0 Å². The average Bonchev–Trinajstić information content (AvgIpc) is 2.73. The summed E-state index contributed by atoms with van der Waals surface area (Å²) in [5.41, 5.74) is 0.0794. The molecule has 0 N–H and O–H groups in total. The molecule has 1 aromatic heterocycles. The number of aryl methyl sites for hydroxylation is 1. The first-order valence-corrected chi connectivity index (χ1v) is 8.85. The van der Waals surface area contributed by atoms with E-state index in [1.807, 2.05) is 4.57 Å². The topological polar surface area (TPSA) is 52.3 Å². The van der Waals surface area contributed by atoms with E-state index >= 15 is 0 Å². The Labute approximate surface area is 131 Å². The van der Waals surface area contributed by atoms with Crippen LogP contribution in [0.3, 0.4) is 0 Å². The summed E-state index contributed by atoms with van der Waals surface area (Å²) in [5.74, 6) is 0.982. The molecule has 6 heteroatoms. The molecular formula is C16H26N4O2. The van der Waals surface area contributed by atoms with Crippen LogP contribution in [-0.2, 0) is 24.4 Å². The van der Waals surface area contributed by atoms with E-state index in [0.29, 0.717) is 18.8 Å². The zero-order valence-electron chi connectivity index (χ0n) is 13.2. The van der Waals surface area contributed by atoms with E-state index in [2.05, 4.69) is 10.00 Å². The van der Waals surface area contributed by atoms with Crippen LogP contribution >= 0.6 is 0 Å². The van der Waals surface area contributed by atoms with Gasteiger partial charge in [-0.05, 0) is 25.7 Å². The second kappa shape index (κ2) is 6.16. The smallest absolute Gasteiger partial charge is 0.347 e. The molecule has 0 bridgehead atoms. The summed E-state index contributed by atoms with van der Waals surface area (Å²) in [6, 6.07) is 0.468. The maximum Gasteiger partial charge on any atom is 0.347 e. The Hall–Kier alpha value is -1.14. The summed E-state index contributed by atoms with van der Waals surface area (Å²) >= 11 is 0. The van der Waals surface area contributed by atoms with E-state index in [-0.39, 0.29) is 5.69 Å². The lowest BCUT2D eigenvalue weighted by Gasteiger charge is -2.43. The van der Waals surface area contributed by atoms with Crippen molar-refractivity contribution in [2.45, 2.75) is 76.7 Å². The van der Waals surface area contributed by atoms with Crippen LogP contribution < -0.4 is 5.69 Å². The first-order chi connectivity index (χ1) is 10.8. The lowest BCUT2D eigenvalue weighted by molar-refractivity contribution is -0.0996. The lowest BCUT2D eigenvalue weighted by atomic mass is 9.90. The molecule has 1 saturated heterocycles. The average molecular weight is 306 g/mol. The molecule has 6 nitrogen and oxygen atoms in total. The highest BCUT2D eigenvalue weighted by Gasteiger charge is 2.34. The maximum atomic E-state index is 12.6. The number of hydrogen-bond donors (Lipinski definition) is 0. The van der Waals surface area contributed by atoms with Crippen molar-refractivity contribution in [2.75, 3.05) is 13.2 Å². The van der Waals surface area contributed by atoms with Crippen LogP contribution in [0.15, 0.2) is 4.79 Å². The third-order valence-corrected chi connectivity index (χ3v) is 5.44. The second-order valence-electron chi connectivity index (χ2n) is 6.88. The molecule has 0 aromatic carbocycles. The largest absolute Gasteiger partial charge is 0.375 e. The minimum Gasteiger partial charge on any atom is -0.375 e. The zero-order valence-corrected chi connectivity index (χ0v) is 13.2. The summed E-state index contributed by atoms with van der Waals surface area (Å²) in [5, 5.41) is 4.63. The first-order valence-electron chi connectivity index (χ1n) is 8.85. The van der Waals surface area contributed by atoms with Gasteiger partial charge in [0.25, 0.3) is 0 Å². The molecule has 22 heavy (non-hydrogen) atoms. The van der Waals surface area contributed by atoms with Gasteiger partial charge in [0.15, 0.2) is 0 Å². The fourth-order valence-electron chi connectivity index (χ4n) is 4.24. The van der Waals surface area contributed by atoms with Gasteiger partial charge in [-0.2, -0.15) is 9.78 Å². The van der Waals surface area contributed by atoms with E-state index in [1.165, 1.54) is 25.7 Å². The summed E-state index contributed by atoms with van der Waals surface area (Å²) in [7, 11) is 0. The fraction of sp³-hybridized carbons (Fsp3) is 0.875. The van der Waals surface area contributed by atoms with Crippen molar-refractivity contribution in [3.8, 4) is 0 Å². The Bertz CT molecular complexity index is 577. The van der Waals surface area contributed by atoms with Gasteiger partial charge in [0.05, 0.1) is 19.4 Å². The fourth-order valence-corrected chi connectivity index (χ4v) is 4.24. The monoisotopic (exact) mass is 306 g/mol. The van der Waals surface area contributed by atoms with Crippen molar-refractivity contribution in [1.82, 2.24) is 19.2 Å². The van der Waals surface area contributed by atoms with Gasteiger partial charge in [0, 0.05) is 25.6 Å². The second-order valence-corrected chi connectivity index (χ2v) is 6.88. The van der Waals surface area contributed by atoms with Crippen molar-refractivity contribution < 1.29 is 4.74 Å². The van der Waals surface area contributed by atoms with Crippen LogP contribution in [-0.4, -0.2) is 44.5 Å². The molecular weight excluding hydrogens is 280 g/mol.